The Bertz CT molecular complexity index is 868. The Morgan fingerprint density at radius 1 is 1.07 bits per heavy atom. The van der Waals surface area contributed by atoms with Gasteiger partial charge in [0, 0.05) is 0 Å². The number of nitrogens with zero attached hydrogens (tertiary/aromatic N) is 1. The minimum Gasteiger partial charge on any atom is -0.493 e. The highest BCUT2D eigenvalue weighted by atomic mass is 32.2. The van der Waals surface area contributed by atoms with Crippen LogP contribution in [0.1, 0.15) is 5.56 Å². The van der Waals surface area contributed by atoms with Gasteiger partial charge in [0.05, 0.1) is 25.7 Å². The maximum atomic E-state index is 12.7. The van der Waals surface area contributed by atoms with Gasteiger partial charge in [-0.25, -0.2) is 0 Å². The smallest absolute Gasteiger partial charge is 0.266 e. The number of carbonyl (C=O) groups excluding carboxylic acids is 1. The number of amides is 1. The highest BCUT2D eigenvalue weighted by molar-refractivity contribution is 8.26. The number of methoxy groups -OCH3 is 2. The highest BCUT2D eigenvalue weighted by Crippen LogP contribution is 2.34. The first kappa shape index (κ1) is 19.3. The fourth-order valence-electron chi connectivity index (χ4n) is 2.56. The van der Waals surface area contributed by atoms with Crippen LogP contribution in [0.25, 0.3) is 6.08 Å². The number of thioether (sulfide) groups is 1. The molecule has 0 atom stereocenters. The second-order valence-corrected chi connectivity index (χ2v) is 7.29. The quantitative estimate of drug-likeness (QED) is 0.517. The Hall–Kier alpha value is -2.51. The van der Waals surface area contributed by atoms with Crippen LogP contribution in [-0.4, -0.2) is 42.5 Å². The Labute approximate surface area is 167 Å². The monoisotopic (exact) mass is 401 g/mol. The first-order valence-corrected chi connectivity index (χ1v) is 9.50. The topological polar surface area (TPSA) is 48.0 Å². The lowest BCUT2D eigenvalue weighted by Gasteiger charge is -2.14. The summed E-state index contributed by atoms with van der Waals surface area (Å²) in [6.07, 6.45) is 1.80. The van der Waals surface area contributed by atoms with E-state index in [0.717, 1.165) is 11.3 Å². The van der Waals surface area contributed by atoms with Gasteiger partial charge in [-0.3, -0.25) is 9.69 Å². The molecular weight excluding hydrogens is 382 g/mol. The molecule has 0 radical (unpaired) electrons. The van der Waals surface area contributed by atoms with Crippen LogP contribution in [0.3, 0.4) is 0 Å². The van der Waals surface area contributed by atoms with E-state index in [2.05, 4.69) is 0 Å². The van der Waals surface area contributed by atoms with Gasteiger partial charge in [0.25, 0.3) is 5.91 Å². The van der Waals surface area contributed by atoms with Crippen LogP contribution in [0.5, 0.6) is 17.2 Å². The van der Waals surface area contributed by atoms with E-state index in [4.69, 9.17) is 26.4 Å². The summed E-state index contributed by atoms with van der Waals surface area (Å²) in [6, 6.07) is 15.0. The number of ether oxygens (including phenoxy) is 3. The highest BCUT2D eigenvalue weighted by Gasteiger charge is 2.31. The summed E-state index contributed by atoms with van der Waals surface area (Å²) in [6.45, 7) is 0.781. The molecule has 1 aliphatic rings. The van der Waals surface area contributed by atoms with Crippen LogP contribution in [-0.2, 0) is 4.79 Å². The summed E-state index contributed by atoms with van der Waals surface area (Å²) >= 11 is 6.64. The van der Waals surface area contributed by atoms with Gasteiger partial charge >= 0.3 is 0 Å². The number of rotatable bonds is 7. The second-order valence-electron chi connectivity index (χ2n) is 5.61. The third-order valence-corrected chi connectivity index (χ3v) is 5.28. The normalized spacial score (nSPS) is 15.3. The number of para-hydroxylation sites is 1. The van der Waals surface area contributed by atoms with Crippen LogP contribution < -0.4 is 14.2 Å². The summed E-state index contributed by atoms with van der Waals surface area (Å²) in [4.78, 5) is 14.8. The van der Waals surface area contributed by atoms with Crippen LogP contribution in [0.2, 0.25) is 0 Å². The number of hydrogen-bond acceptors (Lipinski definition) is 6. The summed E-state index contributed by atoms with van der Waals surface area (Å²) in [5.74, 6) is 1.90. The average Bonchev–Trinajstić information content (AvgIpc) is 2.96. The van der Waals surface area contributed by atoms with Crippen LogP contribution >= 0.6 is 24.0 Å². The zero-order chi connectivity index (χ0) is 19.2. The summed E-state index contributed by atoms with van der Waals surface area (Å²) in [7, 11) is 3.16. The standard InChI is InChI=1S/C20H19NO4S2/c1-23-16-9-8-14(12-17(16)24-2)13-18-19(22)21(20(26)27-18)10-11-25-15-6-4-3-5-7-15/h3-9,12-13H,10-11H2,1-2H3/b18-13-. The van der Waals surface area contributed by atoms with Crippen LogP contribution in [0.4, 0.5) is 0 Å². The summed E-state index contributed by atoms with van der Waals surface area (Å²) in [5.41, 5.74) is 0.841. The third-order valence-electron chi connectivity index (χ3n) is 3.91. The number of benzene rings is 2. The lowest BCUT2D eigenvalue weighted by atomic mass is 10.2. The van der Waals surface area contributed by atoms with Crippen molar-refractivity contribution in [3.05, 3.63) is 59.0 Å². The van der Waals surface area contributed by atoms with E-state index in [-0.39, 0.29) is 5.91 Å². The predicted octanol–water partition coefficient (Wildman–Crippen LogP) is 3.98. The zero-order valence-corrected chi connectivity index (χ0v) is 16.6. The van der Waals surface area contributed by atoms with Crippen molar-refractivity contribution in [1.29, 1.82) is 0 Å². The van der Waals surface area contributed by atoms with Crippen LogP contribution in [0, 0.1) is 0 Å². The molecule has 1 saturated heterocycles. The molecule has 0 unspecified atom stereocenters. The molecule has 0 aromatic heterocycles. The maximum absolute atomic E-state index is 12.7. The van der Waals surface area contributed by atoms with Crippen molar-refractivity contribution >= 4 is 40.3 Å². The number of hydrogen-bond donors (Lipinski definition) is 0. The SMILES string of the molecule is COc1ccc(/C=C2\SC(=S)N(CCOc3ccccc3)C2=O)cc1OC. The Morgan fingerprint density at radius 2 is 1.81 bits per heavy atom. The van der Waals surface area contributed by atoms with Crippen molar-refractivity contribution in [2.75, 3.05) is 27.4 Å². The second kappa shape index (κ2) is 8.92. The van der Waals surface area contributed by atoms with Crippen molar-refractivity contribution in [2.24, 2.45) is 0 Å². The number of carbonyl (C=O) groups is 1. The minimum atomic E-state index is -0.114. The molecule has 0 bridgehead atoms. The Balaban J connectivity index is 1.67. The van der Waals surface area contributed by atoms with E-state index < -0.39 is 0 Å². The molecular formula is C20H19NO4S2. The molecule has 0 saturated carbocycles. The van der Waals surface area contributed by atoms with Gasteiger partial charge in [-0.2, -0.15) is 0 Å². The first-order valence-electron chi connectivity index (χ1n) is 8.27. The van der Waals surface area contributed by atoms with Gasteiger partial charge < -0.3 is 14.2 Å². The summed E-state index contributed by atoms with van der Waals surface area (Å²) in [5, 5.41) is 0. The van der Waals surface area contributed by atoms with Gasteiger partial charge in [0.1, 0.15) is 16.7 Å². The van der Waals surface area contributed by atoms with E-state index in [9.17, 15) is 4.79 Å². The van der Waals surface area contributed by atoms with E-state index in [1.807, 2.05) is 42.5 Å². The average molecular weight is 402 g/mol. The molecule has 140 valence electrons. The lowest BCUT2D eigenvalue weighted by molar-refractivity contribution is -0.122. The van der Waals surface area contributed by atoms with E-state index in [0.29, 0.717) is 33.9 Å². The molecule has 1 aliphatic heterocycles. The molecule has 0 spiro atoms. The van der Waals surface area contributed by atoms with E-state index in [1.165, 1.54) is 11.8 Å². The predicted molar refractivity (Wildman–Crippen MR) is 111 cm³/mol. The Kier molecular flexibility index (Phi) is 6.36. The van der Waals surface area contributed by atoms with E-state index in [1.54, 1.807) is 31.3 Å². The Morgan fingerprint density at radius 3 is 2.52 bits per heavy atom. The molecule has 0 N–H and O–H groups in total. The molecule has 3 rings (SSSR count). The fourth-order valence-corrected chi connectivity index (χ4v) is 3.87. The molecule has 7 heteroatoms. The number of thiocarbonyl (C=S) groups is 1. The van der Waals surface area contributed by atoms with Crippen LogP contribution in [0.15, 0.2) is 53.4 Å². The van der Waals surface area contributed by atoms with Crippen molar-refractivity contribution in [1.82, 2.24) is 4.90 Å². The van der Waals surface area contributed by atoms with Gasteiger partial charge in [-0.05, 0) is 35.9 Å². The molecule has 2 aromatic rings. The molecule has 0 aliphatic carbocycles. The molecule has 1 heterocycles. The van der Waals surface area contributed by atoms with Gasteiger partial charge in [0.2, 0.25) is 0 Å². The van der Waals surface area contributed by atoms with Crippen molar-refractivity contribution in [3.63, 3.8) is 0 Å². The summed E-state index contributed by atoms with van der Waals surface area (Å²) < 4.78 is 16.7. The first-order chi connectivity index (χ1) is 13.1. The van der Waals surface area contributed by atoms with E-state index >= 15 is 0 Å². The molecule has 1 fully saturated rings. The molecule has 1 amide bonds. The largest absolute Gasteiger partial charge is 0.493 e. The fraction of sp³-hybridized carbons (Fsp3) is 0.200. The van der Waals surface area contributed by atoms with Crippen molar-refractivity contribution < 1.29 is 19.0 Å². The minimum absolute atomic E-state index is 0.114. The molecule has 2 aromatic carbocycles. The lowest BCUT2D eigenvalue weighted by Crippen LogP contribution is -2.32. The van der Waals surface area contributed by atoms with Gasteiger partial charge in [-0.15, -0.1) is 0 Å². The van der Waals surface area contributed by atoms with Gasteiger partial charge in [0.15, 0.2) is 11.5 Å². The molecule has 27 heavy (non-hydrogen) atoms. The van der Waals surface area contributed by atoms with Gasteiger partial charge in [-0.1, -0.05) is 48.2 Å². The van der Waals surface area contributed by atoms with Crippen molar-refractivity contribution in [3.8, 4) is 17.2 Å². The van der Waals surface area contributed by atoms with Crippen molar-refractivity contribution in [2.45, 2.75) is 0 Å². The molecule has 5 nitrogen and oxygen atoms in total. The maximum Gasteiger partial charge on any atom is 0.266 e. The third kappa shape index (κ3) is 4.61. The zero-order valence-electron chi connectivity index (χ0n) is 15.0.